The van der Waals surface area contributed by atoms with Gasteiger partial charge in [-0.3, -0.25) is 0 Å². The van der Waals surface area contributed by atoms with E-state index in [2.05, 4.69) is 80.9 Å². The number of aromatic hydroxyl groups is 9. The highest BCUT2D eigenvalue weighted by molar-refractivity contribution is 5.58. The van der Waals surface area contributed by atoms with E-state index in [0.717, 1.165) is 86.1 Å². The number of fused-ring (bicyclic) bond motifs is 11. The van der Waals surface area contributed by atoms with E-state index in [0.29, 0.717) is 120 Å². The molecule has 0 amide bonds. The lowest BCUT2D eigenvalue weighted by atomic mass is 9.79. The molecule has 722 valence electrons. The molecule has 5 atom stereocenters. The van der Waals surface area contributed by atoms with Gasteiger partial charge in [0.2, 0.25) is 0 Å². The third-order valence-electron chi connectivity index (χ3n) is 27.1. The minimum absolute atomic E-state index is 0.0601. The highest BCUT2D eigenvalue weighted by atomic mass is 19.4. The Bertz CT molecular complexity index is 5420. The molecule has 2 aliphatic carbocycles. The Morgan fingerprint density at radius 1 is 0.301 bits per heavy atom. The number of phenolic OH excluding ortho intramolecular Hbond substituents is 9. The summed E-state index contributed by atoms with van der Waals surface area (Å²) in [6, 6.07) is 30.4. The lowest BCUT2D eigenvalue weighted by Gasteiger charge is -2.33. The van der Waals surface area contributed by atoms with Crippen LogP contribution >= 0.6 is 0 Å². The van der Waals surface area contributed by atoms with Crippen molar-refractivity contribution in [3.8, 4) is 51.7 Å². The average Bonchev–Trinajstić information content (AvgIpc) is 1.56. The van der Waals surface area contributed by atoms with Crippen LogP contribution in [0.2, 0.25) is 0 Å². The molecule has 2 spiro atoms. The molecule has 30 heteroatoms. The molecule has 9 N–H and O–H groups in total. The Morgan fingerprint density at radius 2 is 0.564 bits per heavy atom. The molecule has 2 saturated carbocycles. The summed E-state index contributed by atoms with van der Waals surface area (Å²) in [6.07, 6.45) is -17.3. The summed E-state index contributed by atoms with van der Waals surface area (Å²) >= 11 is 0. The van der Waals surface area contributed by atoms with Crippen LogP contribution < -0.4 is 0 Å². The van der Waals surface area contributed by atoms with Crippen LogP contribution in [-0.2, 0) is 135 Å². The summed E-state index contributed by atoms with van der Waals surface area (Å²) in [7, 11) is 0. The predicted octanol–water partition coefficient (Wildman–Crippen LogP) is 24.5. The molecule has 0 aromatic heterocycles. The van der Waals surface area contributed by atoms with Crippen LogP contribution in [0.4, 0.5) is 52.7 Å². The smallest absolute Gasteiger partial charge is 0.421 e. The molecule has 0 bridgehead atoms. The number of halogens is 12. The maximum Gasteiger partial charge on any atom is 0.421 e. The Kier molecular flexibility index (Phi) is 29.6. The second-order valence-electron chi connectivity index (χ2n) is 38.2. The molecule has 18 nitrogen and oxygen atoms in total. The summed E-state index contributed by atoms with van der Waals surface area (Å²) in [5.74, 6) is 1.32. The second-order valence-corrected chi connectivity index (χ2v) is 38.2. The fourth-order valence-electron chi connectivity index (χ4n) is 19.0. The van der Waals surface area contributed by atoms with E-state index in [1.807, 2.05) is 42.5 Å². The van der Waals surface area contributed by atoms with Crippen LogP contribution in [0.3, 0.4) is 0 Å². The quantitative estimate of drug-likeness (QED) is 0.0728. The Morgan fingerprint density at radius 3 is 0.880 bits per heavy atom. The zero-order chi connectivity index (χ0) is 97.9. The summed E-state index contributed by atoms with van der Waals surface area (Å²) in [6.45, 7) is 37.7. The van der Waals surface area contributed by atoms with Crippen molar-refractivity contribution in [1.29, 1.82) is 0 Å². The Labute approximate surface area is 766 Å². The first kappa shape index (κ1) is 102. The number of alkyl halides is 12. The van der Waals surface area contributed by atoms with Crippen LogP contribution in [0.15, 0.2) is 109 Å². The lowest BCUT2D eigenvalue weighted by Crippen LogP contribution is -2.39. The van der Waals surface area contributed by atoms with Gasteiger partial charge in [-0.1, -0.05) is 96.1 Å². The van der Waals surface area contributed by atoms with E-state index >= 15 is 0 Å². The highest BCUT2D eigenvalue weighted by Gasteiger charge is 2.61. The second kappa shape index (κ2) is 38.6. The largest absolute Gasteiger partial charge is 0.508 e. The predicted molar refractivity (Wildman–Crippen MR) is 473 cm³/mol. The van der Waals surface area contributed by atoms with E-state index in [1.54, 1.807) is 70.2 Å². The average molecular weight is 1870 g/mol. The van der Waals surface area contributed by atoms with Crippen molar-refractivity contribution in [1.82, 2.24) is 0 Å². The highest BCUT2D eigenvalue weighted by Crippen LogP contribution is 2.59. The number of hydrogen-bond donors (Lipinski definition) is 9. The van der Waals surface area contributed by atoms with E-state index < -0.39 is 54.5 Å². The molecule has 9 aromatic rings. The van der Waals surface area contributed by atoms with Crippen LogP contribution in [0, 0.1) is 68.2 Å². The molecule has 20 rings (SSSR count). The monoisotopic (exact) mass is 1870 g/mol. The van der Waals surface area contributed by atoms with E-state index in [-0.39, 0.29) is 99.4 Å². The SMILES string of the molecule is Cc1ccc(O)c2c1COC2(C)C(F)(F)F.Cc1ccc(O)c2c1COC2(C)C(F)(F)F.Cc1ccc(O)c2c1COC2C(C)C.Cc1ccc(O)c2c1COC2C(F)(F)F.Cc1ccc(O)c2c1COC2CC(F)(F)F.Cc1ccc(O)c2c1COCC2(C)C.Cc1ccc(O)c2c1COCC2(C)C.Cc1ccc(O)c2c1COCC21CC1.Cc1ccc(O)c2c1COCC21CC1. The fraction of sp³-hybridized carbons (Fsp3) is 0.476. The molecular weight excluding hydrogens is 1750 g/mol. The van der Waals surface area contributed by atoms with Crippen molar-refractivity contribution in [3.63, 3.8) is 0 Å². The van der Waals surface area contributed by atoms with Crippen molar-refractivity contribution < 1.29 is 141 Å². The lowest BCUT2D eigenvalue weighted by molar-refractivity contribution is -0.273. The number of ether oxygens (including phenoxy) is 9. The summed E-state index contributed by atoms with van der Waals surface area (Å²) in [5, 5.41) is 87.5. The van der Waals surface area contributed by atoms with Crippen LogP contribution in [-0.4, -0.2) is 97.1 Å². The van der Waals surface area contributed by atoms with Crippen molar-refractivity contribution in [3.05, 3.63) is 259 Å². The zero-order valence-electron chi connectivity index (χ0n) is 77.7. The van der Waals surface area contributed by atoms with Crippen molar-refractivity contribution >= 4 is 0 Å². The standard InChI is InChI=1S/2C12H14O2.3C12H16O2.3C11H11F3O2.C10H9F3O2/c2*1-8-2-3-10(13)11-9(8)6-14-7-12(11)4-5-12;2*1-8-4-5-10(13)11-9(8)6-14-7-12(11,2)3;1-7(2)12-11-9(6-14-12)8(3)4-5-10(11)13;2*1-6-3-4-8(15)9-7(6)5-16-10(9,2)11(12,13)14;1-6-2-3-8(15)10-7(6)5-16-9(10)4-11(12,13)14;1-5-2-3-7(14)8-6(5)4-15-9(8)10(11,12)13/h2*2-3,13H,4-7H2,1H3;2*4-5,13H,6-7H2,1-3H3;4-5,7,12-13H,6H2,1-3H3;2*3-4,15H,5H2,1-2H3;2-3,9,15H,4-5H2,1H3;2-3,9,14H,4H2,1H3. The van der Waals surface area contributed by atoms with Gasteiger partial charge in [-0.05, 0) is 263 Å². The van der Waals surface area contributed by atoms with Gasteiger partial charge >= 0.3 is 24.7 Å². The van der Waals surface area contributed by atoms with Crippen LogP contribution in [0.1, 0.15) is 256 Å². The van der Waals surface area contributed by atoms with Crippen molar-refractivity contribution in [2.45, 2.75) is 285 Å². The third kappa shape index (κ3) is 21.0. The summed E-state index contributed by atoms with van der Waals surface area (Å²) in [4.78, 5) is 0. The molecule has 9 aromatic carbocycles. The first-order chi connectivity index (χ1) is 61.9. The Balaban J connectivity index is 0.000000135. The third-order valence-corrected chi connectivity index (χ3v) is 27.1. The molecular formula is C103H118F12O18. The van der Waals surface area contributed by atoms with Gasteiger partial charge in [0.25, 0.3) is 0 Å². The van der Waals surface area contributed by atoms with E-state index in [1.165, 1.54) is 79.9 Å². The van der Waals surface area contributed by atoms with Crippen molar-refractivity contribution in [2.75, 3.05) is 26.4 Å². The number of phenols is 9. The topological polar surface area (TPSA) is 265 Å². The summed E-state index contributed by atoms with van der Waals surface area (Å²) < 4.78 is 199. The molecule has 0 saturated heterocycles. The summed E-state index contributed by atoms with van der Waals surface area (Å²) in [5.41, 5.74) is 17.6. The number of benzene rings is 9. The first-order valence-electron chi connectivity index (χ1n) is 44.0. The molecule has 2 fully saturated rings. The van der Waals surface area contributed by atoms with Crippen LogP contribution in [0.5, 0.6) is 51.7 Å². The van der Waals surface area contributed by atoms with Gasteiger partial charge in [-0.15, -0.1) is 0 Å². The van der Waals surface area contributed by atoms with Gasteiger partial charge in [-0.2, -0.15) is 52.7 Å². The zero-order valence-corrected chi connectivity index (χ0v) is 77.7. The van der Waals surface area contributed by atoms with Gasteiger partial charge in [0.15, 0.2) is 17.3 Å². The first-order valence-corrected chi connectivity index (χ1v) is 44.0. The molecule has 9 heterocycles. The number of rotatable bonds is 2. The maximum atomic E-state index is 12.9. The minimum Gasteiger partial charge on any atom is -0.508 e. The number of hydrogen-bond acceptors (Lipinski definition) is 18. The molecule has 133 heavy (non-hydrogen) atoms. The minimum atomic E-state index is -4.54. The van der Waals surface area contributed by atoms with Gasteiger partial charge < -0.3 is 88.6 Å². The maximum absolute atomic E-state index is 12.9. The van der Waals surface area contributed by atoms with Gasteiger partial charge in [0.05, 0.1) is 105 Å². The van der Waals surface area contributed by atoms with Gasteiger partial charge in [0.1, 0.15) is 51.7 Å². The Hall–Kier alpha value is -10.0. The van der Waals surface area contributed by atoms with Gasteiger partial charge in [0, 0.05) is 71.7 Å². The fourth-order valence-corrected chi connectivity index (χ4v) is 19.0. The normalized spacial score (nSPS) is 21.4. The van der Waals surface area contributed by atoms with E-state index in [9.17, 15) is 98.6 Å². The molecule has 0 radical (unpaired) electrons. The van der Waals surface area contributed by atoms with Crippen molar-refractivity contribution in [2.24, 2.45) is 5.92 Å². The van der Waals surface area contributed by atoms with E-state index in [4.69, 9.17) is 37.9 Å². The molecule has 9 aliphatic heterocycles. The van der Waals surface area contributed by atoms with Crippen LogP contribution in [0.25, 0.3) is 0 Å². The molecule has 5 unspecified atom stereocenters. The molecule has 11 aliphatic rings. The number of aryl methyl sites for hydroxylation is 9. The van der Waals surface area contributed by atoms with Gasteiger partial charge in [-0.25, -0.2) is 0 Å².